The first-order chi connectivity index (χ1) is 9.02. The van der Waals surface area contributed by atoms with Crippen molar-refractivity contribution in [3.63, 3.8) is 0 Å². The van der Waals surface area contributed by atoms with Crippen LogP contribution in [0.5, 0.6) is 0 Å². The third kappa shape index (κ3) is 2.62. The second kappa shape index (κ2) is 5.17. The monoisotopic (exact) mass is 261 g/mol. The first-order valence-electron chi connectivity index (χ1n) is 6.10. The third-order valence-electron chi connectivity index (χ3n) is 3.05. The molecule has 19 heavy (non-hydrogen) atoms. The molecule has 1 fully saturated rings. The number of rotatable bonds is 2. The average molecular weight is 261 g/mol. The van der Waals surface area contributed by atoms with Gasteiger partial charge >= 0.3 is 0 Å². The molecule has 6 heteroatoms. The molecule has 3 amide bonds. The Balaban J connectivity index is 2.30. The largest absolute Gasteiger partial charge is 0.317 e. The van der Waals surface area contributed by atoms with Gasteiger partial charge in [-0.25, -0.2) is 0 Å². The van der Waals surface area contributed by atoms with Gasteiger partial charge in [-0.15, -0.1) is 0 Å². The Labute approximate surface area is 110 Å². The zero-order valence-corrected chi connectivity index (χ0v) is 10.8. The molecule has 0 aliphatic carbocycles. The van der Waals surface area contributed by atoms with Crippen molar-refractivity contribution < 1.29 is 14.4 Å². The molecule has 1 aromatic heterocycles. The smallest absolute Gasteiger partial charge is 0.255 e. The van der Waals surface area contributed by atoms with E-state index in [1.165, 1.54) is 11.1 Å². The Kier molecular flexibility index (Phi) is 3.59. The fourth-order valence-electron chi connectivity index (χ4n) is 2.13. The number of nitrogens with one attached hydrogen (secondary N) is 1. The van der Waals surface area contributed by atoms with Gasteiger partial charge in [0.2, 0.25) is 11.8 Å². The highest BCUT2D eigenvalue weighted by atomic mass is 16.2. The fourth-order valence-corrected chi connectivity index (χ4v) is 2.13. The minimum atomic E-state index is -0.598. The van der Waals surface area contributed by atoms with Crippen molar-refractivity contribution in [3.05, 3.63) is 29.6 Å². The minimum Gasteiger partial charge on any atom is -0.317 e. The summed E-state index contributed by atoms with van der Waals surface area (Å²) in [4.78, 5) is 40.8. The van der Waals surface area contributed by atoms with Gasteiger partial charge in [-0.2, -0.15) is 0 Å². The van der Waals surface area contributed by atoms with Gasteiger partial charge in [-0.05, 0) is 25.5 Å². The number of aromatic nitrogens is 1. The maximum absolute atomic E-state index is 12.4. The van der Waals surface area contributed by atoms with Crippen LogP contribution in [0.3, 0.4) is 0 Å². The summed E-state index contributed by atoms with van der Waals surface area (Å²) in [6.45, 7) is 3.49. The van der Waals surface area contributed by atoms with Gasteiger partial charge in [0, 0.05) is 17.5 Å². The molecule has 0 saturated carbocycles. The first kappa shape index (κ1) is 13.2. The predicted molar refractivity (Wildman–Crippen MR) is 67.2 cm³/mol. The van der Waals surface area contributed by atoms with Crippen LogP contribution in [0.4, 0.5) is 0 Å². The molecule has 1 aliphatic rings. The number of carbonyl (C=O) groups excluding carboxylic acids is 3. The molecule has 2 rings (SSSR count). The van der Waals surface area contributed by atoms with Crippen LogP contribution in [0.15, 0.2) is 18.3 Å². The maximum Gasteiger partial charge on any atom is 0.255 e. The molecule has 1 saturated heterocycles. The van der Waals surface area contributed by atoms with Crippen molar-refractivity contribution in [2.45, 2.75) is 26.3 Å². The zero-order chi connectivity index (χ0) is 14.0. The van der Waals surface area contributed by atoms with E-state index in [0.717, 1.165) is 0 Å². The topological polar surface area (TPSA) is 79.4 Å². The second-order valence-electron chi connectivity index (χ2n) is 4.46. The van der Waals surface area contributed by atoms with Crippen molar-refractivity contribution in [2.75, 3.05) is 6.54 Å². The van der Waals surface area contributed by atoms with E-state index in [2.05, 4.69) is 10.3 Å². The summed E-state index contributed by atoms with van der Waals surface area (Å²) >= 11 is 0. The molecule has 1 aliphatic heterocycles. The minimum absolute atomic E-state index is 0.0928. The van der Waals surface area contributed by atoms with Crippen LogP contribution in [0, 0.1) is 6.92 Å². The average Bonchev–Trinajstić information content (AvgIpc) is 2.37. The first-order valence-corrected chi connectivity index (χ1v) is 6.10. The van der Waals surface area contributed by atoms with Crippen LogP contribution < -0.4 is 5.32 Å². The predicted octanol–water partition coefficient (Wildman–Crippen LogP) is 0.267. The summed E-state index contributed by atoms with van der Waals surface area (Å²) in [5.74, 6) is -1.19. The van der Waals surface area contributed by atoms with Gasteiger partial charge in [0.1, 0.15) is 12.6 Å². The lowest BCUT2D eigenvalue weighted by molar-refractivity contribution is -0.138. The van der Waals surface area contributed by atoms with E-state index in [1.54, 1.807) is 26.0 Å². The maximum atomic E-state index is 12.4. The molecule has 2 heterocycles. The molecular formula is C13H15N3O3. The van der Waals surface area contributed by atoms with Gasteiger partial charge in [-0.3, -0.25) is 24.7 Å². The molecule has 0 bridgehead atoms. The van der Waals surface area contributed by atoms with E-state index in [0.29, 0.717) is 17.7 Å². The molecule has 6 nitrogen and oxygen atoms in total. The summed E-state index contributed by atoms with van der Waals surface area (Å²) in [5, 5.41) is 2.24. The molecule has 1 N–H and O–H groups in total. The summed E-state index contributed by atoms with van der Waals surface area (Å²) in [6, 6.07) is 2.63. The number of aryl methyl sites for hydroxylation is 1. The van der Waals surface area contributed by atoms with Crippen LogP contribution >= 0.6 is 0 Å². The van der Waals surface area contributed by atoms with Gasteiger partial charge < -0.3 is 4.90 Å². The van der Waals surface area contributed by atoms with E-state index in [1.807, 2.05) is 0 Å². The summed E-state index contributed by atoms with van der Waals surface area (Å²) in [7, 11) is 0. The van der Waals surface area contributed by atoms with E-state index in [9.17, 15) is 14.4 Å². The number of amides is 3. The zero-order valence-electron chi connectivity index (χ0n) is 10.8. The van der Waals surface area contributed by atoms with Crippen molar-refractivity contribution >= 4 is 17.7 Å². The van der Waals surface area contributed by atoms with Crippen molar-refractivity contribution in [1.82, 2.24) is 15.2 Å². The van der Waals surface area contributed by atoms with Gasteiger partial charge in [-0.1, -0.05) is 6.92 Å². The van der Waals surface area contributed by atoms with Gasteiger partial charge in [0.05, 0.1) is 0 Å². The van der Waals surface area contributed by atoms with Crippen LogP contribution in [-0.2, 0) is 9.59 Å². The highest BCUT2D eigenvalue weighted by molar-refractivity contribution is 6.07. The fraction of sp³-hybridized carbons (Fsp3) is 0.385. The lowest BCUT2D eigenvalue weighted by atomic mass is 10.1. The highest BCUT2D eigenvalue weighted by Gasteiger charge is 2.35. The van der Waals surface area contributed by atoms with E-state index >= 15 is 0 Å². The van der Waals surface area contributed by atoms with Crippen LogP contribution in [0.1, 0.15) is 29.4 Å². The Bertz CT molecular complexity index is 542. The molecule has 0 spiro atoms. The molecule has 100 valence electrons. The number of nitrogens with zero attached hydrogens (tertiary/aromatic N) is 2. The van der Waals surface area contributed by atoms with Gasteiger partial charge in [0.25, 0.3) is 5.91 Å². The summed E-state index contributed by atoms with van der Waals surface area (Å²) in [6.07, 6.45) is 2.00. The van der Waals surface area contributed by atoms with E-state index < -0.39 is 17.9 Å². The normalized spacial score (nSPS) is 19.3. The molecule has 1 unspecified atom stereocenters. The Morgan fingerprint density at radius 1 is 1.53 bits per heavy atom. The lowest BCUT2D eigenvalue weighted by Gasteiger charge is -2.33. The van der Waals surface area contributed by atoms with Crippen molar-refractivity contribution in [2.24, 2.45) is 0 Å². The lowest BCUT2D eigenvalue weighted by Crippen LogP contribution is -2.59. The quantitative estimate of drug-likeness (QED) is 0.775. The molecule has 0 aromatic carbocycles. The Hall–Kier alpha value is -2.24. The van der Waals surface area contributed by atoms with Crippen LogP contribution in [0.2, 0.25) is 0 Å². The van der Waals surface area contributed by atoms with Crippen molar-refractivity contribution in [3.8, 4) is 0 Å². The SMILES string of the molecule is CCC1C(=O)NC(=O)CN1C(=O)c1ccnc(C)c1. The third-order valence-corrected chi connectivity index (χ3v) is 3.05. The number of pyridine rings is 1. The molecule has 1 aromatic rings. The second-order valence-corrected chi connectivity index (χ2v) is 4.46. The summed E-state index contributed by atoms with van der Waals surface area (Å²) < 4.78 is 0. The Morgan fingerprint density at radius 3 is 2.89 bits per heavy atom. The Morgan fingerprint density at radius 2 is 2.26 bits per heavy atom. The van der Waals surface area contributed by atoms with Crippen LogP contribution in [0.25, 0.3) is 0 Å². The van der Waals surface area contributed by atoms with E-state index in [4.69, 9.17) is 0 Å². The number of piperazine rings is 1. The number of imide groups is 1. The van der Waals surface area contributed by atoms with E-state index in [-0.39, 0.29) is 12.5 Å². The standard InChI is InChI=1S/C13H15N3O3/c1-3-10-12(18)15-11(17)7-16(10)13(19)9-4-5-14-8(2)6-9/h4-6,10H,3,7H2,1-2H3,(H,15,17,18). The van der Waals surface area contributed by atoms with Crippen molar-refractivity contribution in [1.29, 1.82) is 0 Å². The highest BCUT2D eigenvalue weighted by Crippen LogP contribution is 2.14. The van der Waals surface area contributed by atoms with Crippen LogP contribution in [-0.4, -0.2) is 40.2 Å². The molecule has 0 radical (unpaired) electrons. The number of hydrogen-bond acceptors (Lipinski definition) is 4. The molecular weight excluding hydrogens is 246 g/mol. The molecule has 1 atom stereocenters. The number of hydrogen-bond donors (Lipinski definition) is 1. The van der Waals surface area contributed by atoms with Gasteiger partial charge in [0.15, 0.2) is 0 Å². The summed E-state index contributed by atoms with van der Waals surface area (Å²) in [5.41, 5.74) is 1.15. The number of carbonyl (C=O) groups is 3.